The number of carbonyl (C=O) groups excluding carboxylic acids is 1. The molecule has 15 heavy (non-hydrogen) atoms. The van der Waals surface area contributed by atoms with Gasteiger partial charge in [-0.3, -0.25) is 4.79 Å². The highest BCUT2D eigenvalue weighted by molar-refractivity contribution is 5.99. The first-order valence-corrected chi connectivity index (χ1v) is 4.91. The van der Waals surface area contributed by atoms with E-state index in [4.69, 9.17) is 0 Å². The molecule has 0 amide bonds. The molecule has 0 saturated heterocycles. The van der Waals surface area contributed by atoms with Gasteiger partial charge in [0.05, 0.1) is 0 Å². The molecule has 0 heterocycles. The van der Waals surface area contributed by atoms with Crippen LogP contribution in [0.15, 0.2) is 18.2 Å². The number of hydrogen-bond acceptors (Lipinski definition) is 2. The van der Waals surface area contributed by atoms with Crippen LogP contribution in [0, 0.1) is 18.7 Å². The monoisotopic (exact) mass is 210 g/mol. The summed E-state index contributed by atoms with van der Waals surface area (Å²) in [7, 11) is 0. The van der Waals surface area contributed by atoms with Crippen molar-refractivity contribution in [3.63, 3.8) is 0 Å². The van der Waals surface area contributed by atoms with Crippen molar-refractivity contribution in [3.05, 3.63) is 35.1 Å². The van der Waals surface area contributed by atoms with E-state index in [1.165, 1.54) is 6.07 Å². The van der Waals surface area contributed by atoms with E-state index in [2.05, 4.69) is 0 Å². The summed E-state index contributed by atoms with van der Waals surface area (Å²) in [6.45, 7) is 5.20. The Balaban J connectivity index is 3.01. The van der Waals surface area contributed by atoms with Crippen molar-refractivity contribution in [1.82, 2.24) is 0 Å². The molecular formula is C12H15FO2. The Bertz CT molecular complexity index is 352. The van der Waals surface area contributed by atoms with Crippen molar-refractivity contribution in [2.24, 2.45) is 5.92 Å². The van der Waals surface area contributed by atoms with Crippen LogP contribution in [0.25, 0.3) is 0 Å². The molecule has 0 aliphatic carbocycles. The first-order chi connectivity index (χ1) is 6.91. The Morgan fingerprint density at radius 1 is 1.33 bits per heavy atom. The van der Waals surface area contributed by atoms with Gasteiger partial charge in [-0.05, 0) is 36.6 Å². The summed E-state index contributed by atoms with van der Waals surface area (Å²) >= 11 is 0. The maximum atomic E-state index is 13.0. The minimum atomic E-state index is -1.06. The number of aliphatic hydroxyl groups excluding tert-OH is 1. The molecule has 0 spiro atoms. The van der Waals surface area contributed by atoms with Crippen molar-refractivity contribution >= 4 is 5.78 Å². The molecule has 0 fully saturated rings. The molecular weight excluding hydrogens is 195 g/mol. The summed E-state index contributed by atoms with van der Waals surface area (Å²) in [5.41, 5.74) is 0.906. The van der Waals surface area contributed by atoms with Gasteiger partial charge in [0.1, 0.15) is 11.9 Å². The second-order valence-electron chi connectivity index (χ2n) is 4.07. The fraction of sp³-hybridized carbons (Fsp3) is 0.417. The molecule has 0 saturated carbocycles. The van der Waals surface area contributed by atoms with Crippen molar-refractivity contribution in [2.75, 3.05) is 0 Å². The highest BCUT2D eigenvalue weighted by Gasteiger charge is 2.20. The largest absolute Gasteiger partial charge is 0.385 e. The predicted octanol–water partition coefficient (Wildman–Crippen LogP) is 2.33. The molecule has 1 atom stereocenters. The lowest BCUT2D eigenvalue weighted by Gasteiger charge is -2.13. The van der Waals surface area contributed by atoms with E-state index in [0.29, 0.717) is 5.56 Å². The summed E-state index contributed by atoms with van der Waals surface area (Å²) in [5, 5.41) is 9.56. The molecule has 3 heteroatoms. The quantitative estimate of drug-likeness (QED) is 0.777. The molecule has 2 nitrogen and oxygen atoms in total. The van der Waals surface area contributed by atoms with Crippen LogP contribution in [0.4, 0.5) is 4.39 Å². The van der Waals surface area contributed by atoms with Crippen LogP contribution < -0.4 is 0 Å². The number of carbonyl (C=O) groups is 1. The molecule has 0 radical (unpaired) electrons. The van der Waals surface area contributed by atoms with Crippen LogP contribution in [0.1, 0.15) is 29.8 Å². The Kier molecular flexibility index (Phi) is 3.58. The molecule has 1 unspecified atom stereocenters. The Morgan fingerprint density at radius 2 is 1.93 bits per heavy atom. The first kappa shape index (κ1) is 11.9. The molecule has 1 aromatic carbocycles. The van der Waals surface area contributed by atoms with Crippen molar-refractivity contribution in [2.45, 2.75) is 26.9 Å². The standard InChI is InChI=1S/C12H15FO2/c1-7(2)11(14)12(15)9-4-8(3)5-10(13)6-9/h4-7,11,14H,1-3H3. The van der Waals surface area contributed by atoms with Crippen LogP contribution >= 0.6 is 0 Å². The summed E-state index contributed by atoms with van der Waals surface area (Å²) in [6, 6.07) is 4.08. The van der Waals surface area contributed by atoms with Gasteiger partial charge in [-0.1, -0.05) is 13.8 Å². The zero-order valence-electron chi connectivity index (χ0n) is 9.12. The van der Waals surface area contributed by atoms with E-state index < -0.39 is 17.7 Å². The first-order valence-electron chi connectivity index (χ1n) is 4.91. The Labute approximate surface area is 88.7 Å². The van der Waals surface area contributed by atoms with Gasteiger partial charge in [-0.15, -0.1) is 0 Å². The third kappa shape index (κ3) is 2.86. The van der Waals surface area contributed by atoms with Crippen LogP contribution in [0.5, 0.6) is 0 Å². The molecule has 0 bridgehead atoms. The SMILES string of the molecule is Cc1cc(F)cc(C(=O)C(O)C(C)C)c1. The van der Waals surface area contributed by atoms with E-state index in [9.17, 15) is 14.3 Å². The molecule has 1 aromatic rings. The van der Waals surface area contributed by atoms with Gasteiger partial charge < -0.3 is 5.11 Å². The van der Waals surface area contributed by atoms with Gasteiger partial charge in [-0.2, -0.15) is 0 Å². The van der Waals surface area contributed by atoms with Gasteiger partial charge in [0.25, 0.3) is 0 Å². The lowest BCUT2D eigenvalue weighted by atomic mass is 9.97. The topological polar surface area (TPSA) is 37.3 Å². The zero-order chi connectivity index (χ0) is 11.6. The average molecular weight is 210 g/mol. The molecule has 1 N–H and O–H groups in total. The van der Waals surface area contributed by atoms with E-state index in [-0.39, 0.29) is 11.5 Å². The third-order valence-corrected chi connectivity index (χ3v) is 2.23. The number of aliphatic hydroxyl groups is 1. The number of ketones is 1. The normalized spacial score (nSPS) is 12.9. The van der Waals surface area contributed by atoms with Crippen molar-refractivity contribution in [3.8, 4) is 0 Å². The number of Topliss-reactive ketones (excluding diaryl/α,β-unsaturated/α-hetero) is 1. The number of benzene rings is 1. The maximum Gasteiger partial charge on any atom is 0.191 e. The molecule has 1 rings (SSSR count). The van der Waals surface area contributed by atoms with Gasteiger partial charge in [0.2, 0.25) is 0 Å². The number of rotatable bonds is 3. The van der Waals surface area contributed by atoms with E-state index in [0.717, 1.165) is 6.07 Å². The maximum absolute atomic E-state index is 13.0. The van der Waals surface area contributed by atoms with Gasteiger partial charge in [-0.25, -0.2) is 4.39 Å². The summed E-state index contributed by atoms with van der Waals surface area (Å²) in [6.07, 6.45) is -1.06. The molecule has 0 aliphatic heterocycles. The van der Waals surface area contributed by atoms with Crippen molar-refractivity contribution < 1.29 is 14.3 Å². The average Bonchev–Trinajstić information content (AvgIpc) is 2.13. The third-order valence-electron chi connectivity index (χ3n) is 2.23. The van der Waals surface area contributed by atoms with Gasteiger partial charge in [0, 0.05) is 5.56 Å². The number of aryl methyl sites for hydroxylation is 1. The second kappa shape index (κ2) is 4.53. The fourth-order valence-corrected chi connectivity index (χ4v) is 1.35. The second-order valence-corrected chi connectivity index (χ2v) is 4.07. The summed E-state index contributed by atoms with van der Waals surface area (Å²) in [4.78, 5) is 11.7. The summed E-state index contributed by atoms with van der Waals surface area (Å²) in [5.74, 6) is -1.04. The summed E-state index contributed by atoms with van der Waals surface area (Å²) < 4.78 is 13.0. The molecule has 0 aromatic heterocycles. The van der Waals surface area contributed by atoms with Crippen LogP contribution in [-0.2, 0) is 0 Å². The molecule has 82 valence electrons. The van der Waals surface area contributed by atoms with Crippen LogP contribution in [0.2, 0.25) is 0 Å². The van der Waals surface area contributed by atoms with E-state index >= 15 is 0 Å². The van der Waals surface area contributed by atoms with Gasteiger partial charge in [0.15, 0.2) is 5.78 Å². The highest BCUT2D eigenvalue weighted by Crippen LogP contribution is 2.13. The lowest BCUT2D eigenvalue weighted by molar-refractivity contribution is 0.0647. The predicted molar refractivity (Wildman–Crippen MR) is 56.3 cm³/mol. The van der Waals surface area contributed by atoms with Crippen LogP contribution in [-0.4, -0.2) is 17.0 Å². The Morgan fingerprint density at radius 3 is 2.40 bits per heavy atom. The lowest BCUT2D eigenvalue weighted by Crippen LogP contribution is -2.26. The zero-order valence-corrected chi connectivity index (χ0v) is 9.12. The fourth-order valence-electron chi connectivity index (χ4n) is 1.35. The highest BCUT2D eigenvalue weighted by atomic mass is 19.1. The minimum Gasteiger partial charge on any atom is -0.385 e. The van der Waals surface area contributed by atoms with Crippen molar-refractivity contribution in [1.29, 1.82) is 0 Å². The minimum absolute atomic E-state index is 0.166. The molecule has 0 aliphatic rings. The Hall–Kier alpha value is -1.22. The number of hydrogen-bond donors (Lipinski definition) is 1. The smallest absolute Gasteiger partial charge is 0.191 e. The van der Waals surface area contributed by atoms with Crippen LogP contribution in [0.3, 0.4) is 0 Å². The van der Waals surface area contributed by atoms with Gasteiger partial charge >= 0.3 is 0 Å². The number of halogens is 1. The van der Waals surface area contributed by atoms with E-state index in [1.807, 2.05) is 0 Å². The van der Waals surface area contributed by atoms with E-state index in [1.54, 1.807) is 26.8 Å².